The number of hydrogen-bond donors (Lipinski definition) is 1. The topological polar surface area (TPSA) is 24.5 Å². The van der Waals surface area contributed by atoms with Gasteiger partial charge in [-0.3, -0.25) is 0 Å². The van der Waals surface area contributed by atoms with Gasteiger partial charge in [-0.2, -0.15) is 0 Å². The van der Waals surface area contributed by atoms with Crippen LogP contribution in [0.3, 0.4) is 0 Å². The Morgan fingerprint density at radius 2 is 2.14 bits per heavy atom. The molecule has 2 atom stereocenters. The van der Waals surface area contributed by atoms with E-state index >= 15 is 0 Å². The molecule has 0 aliphatic carbocycles. The lowest BCUT2D eigenvalue weighted by atomic mass is 10.0. The van der Waals surface area contributed by atoms with Crippen molar-refractivity contribution in [2.24, 2.45) is 0 Å². The normalized spacial score (nSPS) is 21.3. The van der Waals surface area contributed by atoms with Gasteiger partial charge in [-0.25, -0.2) is 0 Å². The SMILES string of the molecule is CCCOC1CCCN(CCC(NC)c2ccccc2)C1. The summed E-state index contributed by atoms with van der Waals surface area (Å²) in [5.41, 5.74) is 1.38. The van der Waals surface area contributed by atoms with Crippen molar-refractivity contribution in [3.05, 3.63) is 35.9 Å². The predicted molar refractivity (Wildman–Crippen MR) is 88.6 cm³/mol. The summed E-state index contributed by atoms with van der Waals surface area (Å²) in [5.74, 6) is 0. The zero-order valence-electron chi connectivity index (χ0n) is 13.6. The Morgan fingerprint density at radius 1 is 1.33 bits per heavy atom. The van der Waals surface area contributed by atoms with Crippen molar-refractivity contribution >= 4 is 0 Å². The first-order valence-corrected chi connectivity index (χ1v) is 8.39. The zero-order valence-corrected chi connectivity index (χ0v) is 13.6. The van der Waals surface area contributed by atoms with E-state index < -0.39 is 0 Å². The van der Waals surface area contributed by atoms with Crippen molar-refractivity contribution < 1.29 is 4.74 Å². The summed E-state index contributed by atoms with van der Waals surface area (Å²) in [5, 5.41) is 3.45. The smallest absolute Gasteiger partial charge is 0.0702 e. The first kappa shape index (κ1) is 16.5. The average molecular weight is 290 g/mol. The number of rotatable bonds is 8. The molecule has 1 heterocycles. The van der Waals surface area contributed by atoms with Gasteiger partial charge in [0.1, 0.15) is 0 Å². The summed E-state index contributed by atoms with van der Waals surface area (Å²) in [6.07, 6.45) is 5.21. The second-order valence-electron chi connectivity index (χ2n) is 5.98. The van der Waals surface area contributed by atoms with Crippen molar-refractivity contribution in [2.45, 2.75) is 44.8 Å². The molecule has 0 bridgehead atoms. The fraction of sp³-hybridized carbons (Fsp3) is 0.667. The Hall–Kier alpha value is -0.900. The van der Waals surface area contributed by atoms with E-state index in [1.807, 2.05) is 0 Å². The van der Waals surface area contributed by atoms with Crippen LogP contribution in [0.4, 0.5) is 0 Å². The fourth-order valence-electron chi connectivity index (χ4n) is 3.11. The Balaban J connectivity index is 1.78. The van der Waals surface area contributed by atoms with Crippen LogP contribution in [0, 0.1) is 0 Å². The third kappa shape index (κ3) is 5.42. The summed E-state index contributed by atoms with van der Waals surface area (Å²) in [6.45, 7) is 6.55. The molecular weight excluding hydrogens is 260 g/mol. The largest absolute Gasteiger partial charge is 0.377 e. The lowest BCUT2D eigenvalue weighted by Gasteiger charge is -2.33. The van der Waals surface area contributed by atoms with Gasteiger partial charge in [-0.15, -0.1) is 0 Å². The highest BCUT2D eigenvalue weighted by Gasteiger charge is 2.21. The van der Waals surface area contributed by atoms with Crippen molar-refractivity contribution in [3.8, 4) is 0 Å². The van der Waals surface area contributed by atoms with E-state index in [1.54, 1.807) is 0 Å². The fourth-order valence-corrected chi connectivity index (χ4v) is 3.11. The zero-order chi connectivity index (χ0) is 14.9. The molecule has 21 heavy (non-hydrogen) atoms. The summed E-state index contributed by atoms with van der Waals surface area (Å²) in [4.78, 5) is 2.57. The van der Waals surface area contributed by atoms with Crippen molar-refractivity contribution in [2.75, 3.05) is 33.3 Å². The molecule has 0 radical (unpaired) electrons. The van der Waals surface area contributed by atoms with Crippen LogP contribution < -0.4 is 5.32 Å². The molecule has 0 spiro atoms. The summed E-state index contributed by atoms with van der Waals surface area (Å²) in [7, 11) is 2.06. The monoisotopic (exact) mass is 290 g/mol. The molecule has 118 valence electrons. The maximum atomic E-state index is 5.92. The molecule has 0 amide bonds. The number of nitrogens with one attached hydrogen (secondary N) is 1. The van der Waals surface area contributed by atoms with E-state index in [0.29, 0.717) is 12.1 Å². The number of piperidine rings is 1. The molecular formula is C18H30N2O. The minimum atomic E-state index is 0.447. The van der Waals surface area contributed by atoms with E-state index in [1.165, 1.54) is 24.9 Å². The third-order valence-corrected chi connectivity index (χ3v) is 4.30. The summed E-state index contributed by atoms with van der Waals surface area (Å²) < 4.78 is 5.92. The maximum absolute atomic E-state index is 5.92. The van der Waals surface area contributed by atoms with Gasteiger partial charge < -0.3 is 15.0 Å². The van der Waals surface area contributed by atoms with Crippen LogP contribution in [0.15, 0.2) is 30.3 Å². The summed E-state index contributed by atoms with van der Waals surface area (Å²) >= 11 is 0. The Labute approximate surface area is 129 Å². The van der Waals surface area contributed by atoms with Crippen molar-refractivity contribution in [1.29, 1.82) is 0 Å². The van der Waals surface area contributed by atoms with Crippen molar-refractivity contribution in [3.63, 3.8) is 0 Å². The van der Waals surface area contributed by atoms with Crippen LogP contribution in [0.1, 0.15) is 44.2 Å². The first-order valence-electron chi connectivity index (χ1n) is 8.39. The van der Waals surface area contributed by atoms with Gasteiger partial charge in [-0.05, 0) is 44.8 Å². The van der Waals surface area contributed by atoms with E-state index in [4.69, 9.17) is 4.74 Å². The van der Waals surface area contributed by atoms with Crippen LogP contribution >= 0.6 is 0 Å². The van der Waals surface area contributed by atoms with Gasteiger partial charge in [0.15, 0.2) is 0 Å². The number of hydrogen-bond acceptors (Lipinski definition) is 3. The molecule has 3 nitrogen and oxygen atoms in total. The molecule has 2 rings (SSSR count). The van der Waals surface area contributed by atoms with Gasteiger partial charge in [-0.1, -0.05) is 37.3 Å². The quantitative estimate of drug-likeness (QED) is 0.795. The predicted octanol–water partition coefficient (Wildman–Crippen LogP) is 3.23. The molecule has 1 saturated heterocycles. The first-order chi connectivity index (χ1) is 10.3. The molecule has 3 heteroatoms. The summed E-state index contributed by atoms with van der Waals surface area (Å²) in [6, 6.07) is 11.2. The molecule has 0 aromatic heterocycles. The number of likely N-dealkylation sites (tertiary alicyclic amines) is 1. The molecule has 2 unspecified atom stereocenters. The van der Waals surface area contributed by atoms with Gasteiger partial charge in [0, 0.05) is 25.7 Å². The second-order valence-corrected chi connectivity index (χ2v) is 5.98. The Kier molecular flexibility index (Phi) is 7.20. The van der Waals surface area contributed by atoms with Gasteiger partial charge >= 0.3 is 0 Å². The Morgan fingerprint density at radius 3 is 2.86 bits per heavy atom. The van der Waals surface area contributed by atoms with E-state index in [2.05, 4.69) is 54.5 Å². The highest BCUT2D eigenvalue weighted by molar-refractivity contribution is 5.18. The van der Waals surface area contributed by atoms with E-state index in [0.717, 1.165) is 32.5 Å². The van der Waals surface area contributed by atoms with E-state index in [9.17, 15) is 0 Å². The van der Waals surface area contributed by atoms with Crippen LogP contribution in [0.5, 0.6) is 0 Å². The van der Waals surface area contributed by atoms with E-state index in [-0.39, 0.29) is 0 Å². The molecule has 1 aromatic rings. The number of ether oxygens (including phenoxy) is 1. The van der Waals surface area contributed by atoms with Gasteiger partial charge in [0.05, 0.1) is 6.10 Å². The Bertz CT molecular complexity index is 382. The number of nitrogens with zero attached hydrogens (tertiary/aromatic N) is 1. The molecule has 1 fully saturated rings. The molecule has 1 aromatic carbocycles. The second kappa shape index (κ2) is 9.19. The lowest BCUT2D eigenvalue weighted by molar-refractivity contribution is -0.000809. The minimum absolute atomic E-state index is 0.447. The molecule has 1 aliphatic heterocycles. The van der Waals surface area contributed by atoms with Crippen LogP contribution in [-0.4, -0.2) is 44.3 Å². The highest BCUT2D eigenvalue weighted by Crippen LogP contribution is 2.19. The maximum Gasteiger partial charge on any atom is 0.0702 e. The third-order valence-electron chi connectivity index (χ3n) is 4.30. The standard InChI is InChI=1S/C18H30N2O/c1-3-14-21-17-10-7-12-20(15-17)13-11-18(19-2)16-8-5-4-6-9-16/h4-6,8-9,17-19H,3,7,10-15H2,1-2H3. The average Bonchev–Trinajstić information content (AvgIpc) is 2.55. The number of benzene rings is 1. The lowest BCUT2D eigenvalue weighted by Crippen LogP contribution is -2.41. The molecule has 0 saturated carbocycles. The van der Waals surface area contributed by atoms with Crippen molar-refractivity contribution in [1.82, 2.24) is 10.2 Å². The van der Waals surface area contributed by atoms with Gasteiger partial charge in [0.2, 0.25) is 0 Å². The highest BCUT2D eigenvalue weighted by atomic mass is 16.5. The van der Waals surface area contributed by atoms with Gasteiger partial charge in [0.25, 0.3) is 0 Å². The van der Waals surface area contributed by atoms with Crippen LogP contribution in [-0.2, 0) is 4.74 Å². The molecule has 1 N–H and O–H groups in total. The molecule has 1 aliphatic rings. The minimum Gasteiger partial charge on any atom is -0.377 e. The van der Waals surface area contributed by atoms with Crippen LogP contribution in [0.2, 0.25) is 0 Å². The van der Waals surface area contributed by atoms with Crippen LogP contribution in [0.25, 0.3) is 0 Å².